The number of nitrogens with two attached hydrogens (primary N) is 1. The molecule has 1 aromatic rings. The van der Waals surface area contributed by atoms with Gasteiger partial charge in [0.25, 0.3) is 5.91 Å². The minimum Gasteiger partial charge on any atom is -0.338 e. The lowest BCUT2D eigenvalue weighted by Crippen LogP contribution is -2.33. The van der Waals surface area contributed by atoms with Crippen molar-refractivity contribution in [3.05, 3.63) is 29.8 Å². The lowest BCUT2D eigenvalue weighted by atomic mass is 10.2. The summed E-state index contributed by atoms with van der Waals surface area (Å²) in [6.45, 7) is 3.47. The van der Waals surface area contributed by atoms with Gasteiger partial charge in [-0.05, 0) is 43.4 Å². The number of hydrogen-bond donors (Lipinski definition) is 1. The maximum Gasteiger partial charge on any atom is 0.253 e. The lowest BCUT2D eigenvalue weighted by Gasteiger charge is -2.22. The van der Waals surface area contributed by atoms with Crippen LogP contribution in [0.1, 0.15) is 36.5 Å². The Balaban J connectivity index is 2.21. The third-order valence-corrected chi connectivity index (χ3v) is 4.28. The van der Waals surface area contributed by atoms with Gasteiger partial charge in [-0.25, -0.2) is 13.6 Å². The van der Waals surface area contributed by atoms with E-state index in [0.29, 0.717) is 18.0 Å². The first-order valence-corrected chi connectivity index (χ1v) is 8.38. The molecule has 6 heteroatoms. The molecule has 1 saturated carbocycles. The molecule has 0 atom stereocenters. The first-order valence-electron chi connectivity index (χ1n) is 6.84. The standard InChI is InChI=1S/C14H20N2O3S/c1-2-8-16(10-11-6-7-11)14(17)12-4-3-5-13(9-12)20(15,18)19/h3-5,9,11H,2,6-8,10H2,1H3,(H2,15,18,19). The molecule has 0 heterocycles. The van der Waals surface area contributed by atoms with E-state index in [9.17, 15) is 13.2 Å². The van der Waals surface area contributed by atoms with Crippen molar-refractivity contribution in [3.63, 3.8) is 0 Å². The molecule has 5 nitrogen and oxygen atoms in total. The number of nitrogens with zero attached hydrogens (tertiary/aromatic N) is 1. The van der Waals surface area contributed by atoms with Gasteiger partial charge in [-0.2, -0.15) is 0 Å². The molecule has 1 amide bonds. The van der Waals surface area contributed by atoms with Crippen LogP contribution in [0.4, 0.5) is 0 Å². The van der Waals surface area contributed by atoms with Gasteiger partial charge in [0.1, 0.15) is 0 Å². The Morgan fingerprint density at radius 1 is 1.40 bits per heavy atom. The summed E-state index contributed by atoms with van der Waals surface area (Å²) in [5.41, 5.74) is 0.380. The highest BCUT2D eigenvalue weighted by Gasteiger charge is 2.27. The van der Waals surface area contributed by atoms with E-state index in [0.717, 1.165) is 13.0 Å². The summed E-state index contributed by atoms with van der Waals surface area (Å²) in [5, 5.41) is 5.10. The van der Waals surface area contributed by atoms with Crippen molar-refractivity contribution < 1.29 is 13.2 Å². The number of benzene rings is 1. The van der Waals surface area contributed by atoms with Gasteiger partial charge in [-0.3, -0.25) is 4.79 Å². The molecule has 0 saturated heterocycles. The van der Waals surface area contributed by atoms with Gasteiger partial charge in [-0.15, -0.1) is 0 Å². The van der Waals surface area contributed by atoms with Crippen LogP contribution in [0.15, 0.2) is 29.2 Å². The van der Waals surface area contributed by atoms with E-state index in [2.05, 4.69) is 0 Å². The zero-order valence-electron chi connectivity index (χ0n) is 11.6. The molecule has 0 bridgehead atoms. The van der Waals surface area contributed by atoms with E-state index < -0.39 is 10.0 Å². The van der Waals surface area contributed by atoms with Crippen molar-refractivity contribution >= 4 is 15.9 Å². The van der Waals surface area contributed by atoms with E-state index in [1.807, 2.05) is 6.92 Å². The minimum absolute atomic E-state index is 0.0220. The molecule has 0 aliphatic heterocycles. The van der Waals surface area contributed by atoms with Crippen molar-refractivity contribution in [1.29, 1.82) is 0 Å². The summed E-state index contributed by atoms with van der Waals surface area (Å²) in [4.78, 5) is 14.3. The van der Waals surface area contributed by atoms with Crippen LogP contribution < -0.4 is 5.14 Å². The summed E-state index contributed by atoms with van der Waals surface area (Å²) < 4.78 is 22.7. The van der Waals surface area contributed by atoms with E-state index >= 15 is 0 Å². The second-order valence-corrected chi connectivity index (χ2v) is 6.83. The van der Waals surface area contributed by atoms with Crippen LogP contribution >= 0.6 is 0 Å². The number of rotatable bonds is 6. The van der Waals surface area contributed by atoms with Crippen LogP contribution in [-0.4, -0.2) is 32.3 Å². The predicted molar refractivity (Wildman–Crippen MR) is 76.7 cm³/mol. The van der Waals surface area contributed by atoms with Gasteiger partial charge in [0.05, 0.1) is 4.90 Å². The number of amides is 1. The molecule has 1 aliphatic rings. The van der Waals surface area contributed by atoms with Crippen molar-refractivity contribution in [2.45, 2.75) is 31.1 Å². The van der Waals surface area contributed by atoms with Crippen molar-refractivity contribution in [1.82, 2.24) is 4.90 Å². The van der Waals surface area contributed by atoms with E-state index in [1.54, 1.807) is 17.0 Å². The normalized spacial score (nSPS) is 15.1. The highest BCUT2D eigenvalue weighted by atomic mass is 32.2. The Hall–Kier alpha value is -1.40. The van der Waals surface area contributed by atoms with Crippen LogP contribution in [0.5, 0.6) is 0 Å². The number of primary sulfonamides is 1. The number of carbonyl (C=O) groups excluding carboxylic acids is 1. The molecule has 0 aromatic heterocycles. The van der Waals surface area contributed by atoms with Gasteiger partial charge in [0, 0.05) is 18.7 Å². The second kappa shape index (κ2) is 5.93. The van der Waals surface area contributed by atoms with Gasteiger partial charge in [0.2, 0.25) is 10.0 Å². The monoisotopic (exact) mass is 296 g/mol. The maximum absolute atomic E-state index is 12.5. The molecular weight excluding hydrogens is 276 g/mol. The third kappa shape index (κ3) is 3.80. The summed E-state index contributed by atoms with van der Waals surface area (Å²) >= 11 is 0. The van der Waals surface area contributed by atoms with E-state index in [-0.39, 0.29) is 10.8 Å². The highest BCUT2D eigenvalue weighted by Crippen LogP contribution is 2.30. The number of hydrogen-bond acceptors (Lipinski definition) is 3. The Morgan fingerprint density at radius 3 is 2.65 bits per heavy atom. The molecule has 110 valence electrons. The molecule has 20 heavy (non-hydrogen) atoms. The summed E-state index contributed by atoms with van der Waals surface area (Å²) in [7, 11) is -3.78. The Morgan fingerprint density at radius 2 is 2.10 bits per heavy atom. The van der Waals surface area contributed by atoms with Crippen LogP contribution in [0.25, 0.3) is 0 Å². The fraction of sp³-hybridized carbons (Fsp3) is 0.500. The summed E-state index contributed by atoms with van der Waals surface area (Å²) in [6.07, 6.45) is 3.22. The van der Waals surface area contributed by atoms with Crippen molar-refractivity contribution in [2.24, 2.45) is 11.1 Å². The smallest absolute Gasteiger partial charge is 0.253 e. The molecule has 2 N–H and O–H groups in total. The average molecular weight is 296 g/mol. The first kappa shape index (κ1) is 15.0. The fourth-order valence-corrected chi connectivity index (χ4v) is 2.71. The molecule has 0 radical (unpaired) electrons. The highest BCUT2D eigenvalue weighted by molar-refractivity contribution is 7.89. The Kier molecular flexibility index (Phi) is 4.45. The molecule has 1 aromatic carbocycles. The topological polar surface area (TPSA) is 80.5 Å². The van der Waals surface area contributed by atoms with Gasteiger partial charge in [0.15, 0.2) is 0 Å². The van der Waals surface area contributed by atoms with Crippen LogP contribution in [0.3, 0.4) is 0 Å². The number of carbonyl (C=O) groups is 1. The molecule has 1 fully saturated rings. The van der Waals surface area contributed by atoms with Crippen molar-refractivity contribution in [2.75, 3.05) is 13.1 Å². The predicted octanol–water partition coefficient (Wildman–Crippen LogP) is 1.60. The van der Waals surface area contributed by atoms with E-state index in [1.165, 1.54) is 25.0 Å². The SMILES string of the molecule is CCCN(CC1CC1)C(=O)c1cccc(S(N)(=O)=O)c1. The van der Waals surface area contributed by atoms with Gasteiger partial charge < -0.3 is 4.90 Å². The molecule has 2 rings (SSSR count). The zero-order chi connectivity index (χ0) is 14.8. The average Bonchev–Trinajstić information content (AvgIpc) is 3.20. The van der Waals surface area contributed by atoms with Crippen LogP contribution in [0.2, 0.25) is 0 Å². The Bertz CT molecular complexity index is 594. The van der Waals surface area contributed by atoms with Gasteiger partial charge >= 0.3 is 0 Å². The molecule has 0 spiro atoms. The quantitative estimate of drug-likeness (QED) is 0.865. The summed E-state index contributed by atoms with van der Waals surface area (Å²) in [6, 6.07) is 5.94. The first-order chi connectivity index (χ1) is 9.41. The summed E-state index contributed by atoms with van der Waals surface area (Å²) in [5.74, 6) is 0.483. The number of sulfonamides is 1. The van der Waals surface area contributed by atoms with Crippen LogP contribution in [-0.2, 0) is 10.0 Å². The maximum atomic E-state index is 12.5. The largest absolute Gasteiger partial charge is 0.338 e. The minimum atomic E-state index is -3.78. The zero-order valence-corrected chi connectivity index (χ0v) is 12.4. The fourth-order valence-electron chi connectivity index (χ4n) is 2.15. The second-order valence-electron chi connectivity index (χ2n) is 5.27. The Labute approximate surface area is 119 Å². The molecule has 0 unspecified atom stereocenters. The molecular formula is C14H20N2O3S. The van der Waals surface area contributed by atoms with Crippen LogP contribution in [0, 0.1) is 5.92 Å². The third-order valence-electron chi connectivity index (χ3n) is 3.37. The molecule has 1 aliphatic carbocycles. The van der Waals surface area contributed by atoms with Gasteiger partial charge in [-0.1, -0.05) is 13.0 Å². The van der Waals surface area contributed by atoms with Crippen molar-refractivity contribution in [3.8, 4) is 0 Å². The van der Waals surface area contributed by atoms with E-state index in [4.69, 9.17) is 5.14 Å². The lowest BCUT2D eigenvalue weighted by molar-refractivity contribution is 0.0747.